The van der Waals surface area contributed by atoms with E-state index in [0.29, 0.717) is 25.5 Å². The SMILES string of the molecule is COCCCN(C)C1N=CNC(F)=C(N2CC[C@@H](Oc3ccc(C(C)NC(C)=O)cc3)C2)N1. The average molecular weight is 463 g/mol. The van der Waals surface area contributed by atoms with Crippen molar-refractivity contribution in [1.29, 1.82) is 0 Å². The Balaban J connectivity index is 1.56. The van der Waals surface area contributed by atoms with Crippen LogP contribution >= 0.6 is 0 Å². The zero-order valence-corrected chi connectivity index (χ0v) is 19.8. The summed E-state index contributed by atoms with van der Waals surface area (Å²) in [5.74, 6) is 0.622. The summed E-state index contributed by atoms with van der Waals surface area (Å²) in [6.07, 6.45) is 2.58. The van der Waals surface area contributed by atoms with Gasteiger partial charge in [0.05, 0.1) is 18.9 Å². The van der Waals surface area contributed by atoms with Crippen molar-refractivity contribution < 1.29 is 18.7 Å². The molecule has 0 spiro atoms. The maximum Gasteiger partial charge on any atom is 0.232 e. The standard InChI is InChI=1S/C23H35FN6O3/c1-16(27-17(2)31)18-6-8-19(9-7-18)33-20-10-12-30(14-20)22-21(24)25-15-26-23(28-22)29(3)11-5-13-32-4/h6-9,15-16,20,23,28H,5,10-14H2,1-4H3,(H,25,26)(H,27,31)/t16?,20-,23?/m1/s1. The van der Waals surface area contributed by atoms with Gasteiger partial charge in [-0.15, -0.1) is 0 Å². The van der Waals surface area contributed by atoms with Crippen LogP contribution in [0.4, 0.5) is 4.39 Å². The summed E-state index contributed by atoms with van der Waals surface area (Å²) < 4.78 is 26.0. The molecule has 0 saturated carbocycles. The van der Waals surface area contributed by atoms with Crippen molar-refractivity contribution in [2.45, 2.75) is 45.1 Å². The van der Waals surface area contributed by atoms with E-state index in [1.54, 1.807) is 7.11 Å². The van der Waals surface area contributed by atoms with E-state index in [4.69, 9.17) is 9.47 Å². The topological polar surface area (TPSA) is 90.5 Å². The van der Waals surface area contributed by atoms with Gasteiger partial charge in [0.2, 0.25) is 11.9 Å². The molecule has 0 bridgehead atoms. The Morgan fingerprint density at radius 3 is 2.85 bits per heavy atom. The second-order valence-corrected chi connectivity index (χ2v) is 8.40. The van der Waals surface area contributed by atoms with Crippen molar-refractivity contribution in [3.63, 3.8) is 0 Å². The molecule has 9 nitrogen and oxygen atoms in total. The first-order valence-electron chi connectivity index (χ1n) is 11.3. The van der Waals surface area contributed by atoms with Crippen LogP contribution < -0.4 is 20.7 Å². The third-order valence-electron chi connectivity index (χ3n) is 5.72. The number of carbonyl (C=O) groups excluding carboxylic acids is 1. The lowest BCUT2D eigenvalue weighted by molar-refractivity contribution is -0.119. The van der Waals surface area contributed by atoms with Gasteiger partial charge >= 0.3 is 0 Å². The lowest BCUT2D eigenvalue weighted by atomic mass is 10.1. The largest absolute Gasteiger partial charge is 0.489 e. The summed E-state index contributed by atoms with van der Waals surface area (Å²) in [5, 5.41) is 8.70. The van der Waals surface area contributed by atoms with E-state index in [9.17, 15) is 9.18 Å². The number of nitrogens with zero attached hydrogens (tertiary/aromatic N) is 3. The fourth-order valence-corrected chi connectivity index (χ4v) is 3.93. The second-order valence-electron chi connectivity index (χ2n) is 8.40. The number of benzene rings is 1. The first-order valence-corrected chi connectivity index (χ1v) is 11.3. The van der Waals surface area contributed by atoms with Gasteiger partial charge < -0.3 is 30.3 Å². The summed E-state index contributed by atoms with van der Waals surface area (Å²) in [6.45, 7) is 6.09. The average Bonchev–Trinajstić information content (AvgIpc) is 3.14. The van der Waals surface area contributed by atoms with Crippen LogP contribution in [-0.2, 0) is 9.53 Å². The van der Waals surface area contributed by atoms with Crippen LogP contribution in [0.3, 0.4) is 0 Å². The first-order chi connectivity index (χ1) is 15.9. The van der Waals surface area contributed by atoms with Crippen LogP contribution in [0.5, 0.6) is 5.75 Å². The Hall–Kier alpha value is -2.85. The van der Waals surface area contributed by atoms with E-state index in [1.165, 1.54) is 13.3 Å². The van der Waals surface area contributed by atoms with Crippen LogP contribution in [0.25, 0.3) is 0 Å². The van der Waals surface area contributed by atoms with Crippen LogP contribution in [0, 0.1) is 0 Å². The molecule has 0 aromatic heterocycles. The normalized spacial score (nSPS) is 21.5. The number of halogens is 1. The van der Waals surface area contributed by atoms with Gasteiger partial charge in [0, 0.05) is 40.2 Å². The number of aliphatic imine (C=N–C) groups is 1. The Bertz CT molecular complexity index is 847. The van der Waals surface area contributed by atoms with Gasteiger partial charge in [-0.05, 0) is 38.1 Å². The van der Waals surface area contributed by atoms with E-state index in [2.05, 4.69) is 20.9 Å². The summed E-state index contributed by atoms with van der Waals surface area (Å²) in [4.78, 5) is 19.6. The van der Waals surface area contributed by atoms with E-state index >= 15 is 0 Å². The first kappa shape index (κ1) is 24.8. The molecule has 1 aromatic carbocycles. The van der Waals surface area contributed by atoms with Gasteiger partial charge in [0.25, 0.3) is 0 Å². The third-order valence-corrected chi connectivity index (χ3v) is 5.72. The van der Waals surface area contributed by atoms with Crippen LogP contribution in [0.1, 0.15) is 38.3 Å². The lowest BCUT2D eigenvalue weighted by Gasteiger charge is -2.30. The lowest BCUT2D eigenvalue weighted by Crippen LogP contribution is -2.45. The summed E-state index contributed by atoms with van der Waals surface area (Å²) in [7, 11) is 3.62. The van der Waals surface area contributed by atoms with Crippen molar-refractivity contribution in [3.8, 4) is 5.75 Å². The molecule has 1 amide bonds. The molecule has 10 heteroatoms. The van der Waals surface area contributed by atoms with E-state index in [1.807, 2.05) is 48.0 Å². The van der Waals surface area contributed by atoms with Crippen molar-refractivity contribution in [3.05, 3.63) is 41.6 Å². The van der Waals surface area contributed by atoms with Gasteiger partial charge in [-0.3, -0.25) is 9.69 Å². The molecule has 2 unspecified atom stereocenters. The fourth-order valence-electron chi connectivity index (χ4n) is 3.93. The highest BCUT2D eigenvalue weighted by atomic mass is 19.1. The zero-order valence-electron chi connectivity index (χ0n) is 19.8. The molecule has 3 rings (SSSR count). The number of carbonyl (C=O) groups is 1. The second kappa shape index (κ2) is 11.9. The van der Waals surface area contributed by atoms with Gasteiger partial charge in [-0.1, -0.05) is 12.1 Å². The molecule has 3 N–H and O–H groups in total. The van der Waals surface area contributed by atoms with Gasteiger partial charge in [0.1, 0.15) is 11.9 Å². The highest BCUT2D eigenvalue weighted by Crippen LogP contribution is 2.24. The molecule has 3 atom stereocenters. The minimum atomic E-state index is -0.455. The highest BCUT2D eigenvalue weighted by molar-refractivity contribution is 5.73. The zero-order chi connectivity index (χ0) is 23.8. The molecule has 1 saturated heterocycles. The number of hydrogen-bond donors (Lipinski definition) is 3. The maximum absolute atomic E-state index is 14.7. The summed E-state index contributed by atoms with van der Waals surface area (Å²) in [5.41, 5.74) is 1.01. The molecule has 2 heterocycles. The predicted octanol–water partition coefficient (Wildman–Crippen LogP) is 1.91. The minimum Gasteiger partial charge on any atom is -0.489 e. The Kier molecular flexibility index (Phi) is 8.90. The molecule has 33 heavy (non-hydrogen) atoms. The van der Waals surface area contributed by atoms with Crippen molar-refractivity contribution in [2.24, 2.45) is 4.99 Å². The van der Waals surface area contributed by atoms with Gasteiger partial charge in [-0.25, -0.2) is 4.99 Å². The minimum absolute atomic E-state index is 0.0622. The van der Waals surface area contributed by atoms with Crippen molar-refractivity contribution in [2.75, 3.05) is 40.4 Å². The Labute approximate surface area is 195 Å². The predicted molar refractivity (Wildman–Crippen MR) is 125 cm³/mol. The molecule has 1 fully saturated rings. The highest BCUT2D eigenvalue weighted by Gasteiger charge is 2.30. The third kappa shape index (κ3) is 7.06. The van der Waals surface area contributed by atoms with Crippen LogP contribution in [0.2, 0.25) is 0 Å². The summed E-state index contributed by atoms with van der Waals surface area (Å²) in [6, 6.07) is 7.64. The van der Waals surface area contributed by atoms with E-state index in [-0.39, 0.29) is 24.3 Å². The Morgan fingerprint density at radius 1 is 1.39 bits per heavy atom. The molecule has 2 aliphatic rings. The van der Waals surface area contributed by atoms with Crippen LogP contribution in [-0.4, -0.2) is 74.8 Å². The van der Waals surface area contributed by atoms with Gasteiger partial charge in [0.15, 0.2) is 12.1 Å². The smallest absolute Gasteiger partial charge is 0.232 e. The number of amides is 1. The number of hydrogen-bond acceptors (Lipinski definition) is 8. The van der Waals surface area contributed by atoms with Crippen molar-refractivity contribution >= 4 is 12.2 Å². The molecule has 2 aliphatic heterocycles. The van der Waals surface area contributed by atoms with E-state index < -0.39 is 5.95 Å². The monoisotopic (exact) mass is 462 g/mol. The van der Waals surface area contributed by atoms with Gasteiger partial charge in [-0.2, -0.15) is 4.39 Å². The fraction of sp³-hybridized carbons (Fsp3) is 0.565. The number of nitrogens with one attached hydrogen (secondary N) is 3. The quantitative estimate of drug-likeness (QED) is 0.361. The number of rotatable bonds is 10. The van der Waals surface area contributed by atoms with E-state index in [0.717, 1.165) is 30.7 Å². The maximum atomic E-state index is 14.7. The molecule has 1 aromatic rings. The van der Waals surface area contributed by atoms with Crippen LogP contribution in [0.15, 0.2) is 41.0 Å². The molecule has 0 aliphatic carbocycles. The Morgan fingerprint density at radius 2 is 2.15 bits per heavy atom. The summed E-state index contributed by atoms with van der Waals surface area (Å²) >= 11 is 0. The van der Waals surface area contributed by atoms with Crippen molar-refractivity contribution in [1.82, 2.24) is 25.8 Å². The number of likely N-dealkylation sites (tertiary alicyclic amines) is 1. The number of methoxy groups -OCH3 is 1. The number of ether oxygens (including phenoxy) is 2. The molecular formula is C23H35FN6O3. The molecule has 182 valence electrons. The molecular weight excluding hydrogens is 427 g/mol. The molecule has 0 radical (unpaired) electrons.